The van der Waals surface area contributed by atoms with Crippen molar-refractivity contribution in [2.45, 2.75) is 13.3 Å². The van der Waals surface area contributed by atoms with Gasteiger partial charge >= 0.3 is 0 Å². The molecule has 8 heteroatoms. The summed E-state index contributed by atoms with van der Waals surface area (Å²) in [6.45, 7) is 2.04. The van der Waals surface area contributed by atoms with Gasteiger partial charge in [0.1, 0.15) is 5.82 Å². The van der Waals surface area contributed by atoms with E-state index in [-0.39, 0.29) is 11.6 Å². The van der Waals surface area contributed by atoms with E-state index in [9.17, 15) is 14.9 Å². The van der Waals surface area contributed by atoms with E-state index in [2.05, 4.69) is 20.6 Å². The van der Waals surface area contributed by atoms with Crippen LogP contribution in [0.4, 0.5) is 17.1 Å². The lowest BCUT2D eigenvalue weighted by molar-refractivity contribution is -0.384. The number of aryl methyl sites for hydroxylation is 1. The third-order valence-electron chi connectivity index (χ3n) is 5.66. The third kappa shape index (κ3) is 3.93. The number of carbonyl (C=O) groups excluding carboxylic acids is 1. The molecule has 0 spiro atoms. The molecule has 5 rings (SSSR count). The summed E-state index contributed by atoms with van der Waals surface area (Å²) >= 11 is 0. The number of non-ortho nitro benzene ring substituents is 1. The van der Waals surface area contributed by atoms with Crippen molar-refractivity contribution in [2.75, 3.05) is 10.6 Å². The number of nitrogens with zero attached hydrogens (tertiary/aromatic N) is 2. The van der Waals surface area contributed by atoms with Crippen LogP contribution >= 0.6 is 0 Å². The van der Waals surface area contributed by atoms with E-state index in [1.54, 1.807) is 6.07 Å². The summed E-state index contributed by atoms with van der Waals surface area (Å²) in [5.41, 5.74) is 5.16. The Bertz CT molecular complexity index is 1440. The number of H-pyrrole nitrogens is 1. The zero-order chi connectivity index (χ0) is 23.7. The van der Waals surface area contributed by atoms with E-state index < -0.39 is 4.92 Å². The Hall–Kier alpha value is -4.72. The Labute approximate surface area is 195 Å². The van der Waals surface area contributed by atoms with Crippen molar-refractivity contribution in [1.82, 2.24) is 9.97 Å². The number of nitro groups is 1. The summed E-state index contributed by atoms with van der Waals surface area (Å²) in [6.07, 6.45) is 2.68. The molecule has 8 nitrogen and oxygen atoms in total. The third-order valence-corrected chi connectivity index (χ3v) is 5.66. The lowest BCUT2D eigenvalue weighted by Crippen LogP contribution is -2.10. The monoisotopic (exact) mass is 451 g/mol. The minimum absolute atomic E-state index is 0.0765. The van der Waals surface area contributed by atoms with Crippen LogP contribution in [-0.2, 0) is 11.2 Å². The Morgan fingerprint density at radius 3 is 2.62 bits per heavy atom. The Morgan fingerprint density at radius 1 is 1.06 bits per heavy atom. The molecule has 0 radical (unpaired) electrons. The Morgan fingerprint density at radius 2 is 1.88 bits per heavy atom. The number of hydrogen-bond acceptors (Lipinski definition) is 5. The molecule has 1 amide bonds. The fourth-order valence-corrected chi connectivity index (χ4v) is 3.99. The molecule has 0 fully saturated rings. The fourth-order valence-electron chi connectivity index (χ4n) is 3.99. The van der Waals surface area contributed by atoms with Gasteiger partial charge in [-0.25, -0.2) is 4.98 Å². The van der Waals surface area contributed by atoms with Crippen LogP contribution in [0.3, 0.4) is 0 Å². The average Bonchev–Trinajstić information content (AvgIpc) is 3.47. The topological polar surface area (TPSA) is 113 Å². The molecule has 168 valence electrons. The van der Waals surface area contributed by atoms with E-state index in [0.29, 0.717) is 22.5 Å². The zero-order valence-electron chi connectivity index (χ0n) is 18.3. The van der Waals surface area contributed by atoms with Crippen LogP contribution in [0.5, 0.6) is 0 Å². The Balaban J connectivity index is 1.63. The lowest BCUT2D eigenvalue weighted by atomic mass is 9.99. The first-order chi connectivity index (χ1) is 16.5. The number of rotatable bonds is 6. The first-order valence-electron chi connectivity index (χ1n) is 10.8. The van der Waals surface area contributed by atoms with Gasteiger partial charge in [-0.05, 0) is 23.8 Å². The van der Waals surface area contributed by atoms with Crippen molar-refractivity contribution >= 4 is 34.2 Å². The summed E-state index contributed by atoms with van der Waals surface area (Å²) in [5, 5.41) is 17.6. The molecule has 1 aliphatic rings. The van der Waals surface area contributed by atoms with Gasteiger partial charge in [-0.2, -0.15) is 0 Å². The molecular formula is C26H21N5O3. The van der Waals surface area contributed by atoms with Gasteiger partial charge in [0.15, 0.2) is 0 Å². The normalized spacial score (nSPS) is 13.9. The Kier molecular flexibility index (Phi) is 5.39. The summed E-state index contributed by atoms with van der Waals surface area (Å²) < 4.78 is 0. The summed E-state index contributed by atoms with van der Waals surface area (Å²) in [6, 6.07) is 21.6. The maximum absolute atomic E-state index is 13.0. The van der Waals surface area contributed by atoms with Crippen LogP contribution in [0.2, 0.25) is 0 Å². The van der Waals surface area contributed by atoms with Crippen LogP contribution < -0.4 is 10.6 Å². The summed E-state index contributed by atoms with van der Waals surface area (Å²) in [4.78, 5) is 31.7. The lowest BCUT2D eigenvalue weighted by Gasteiger charge is -2.15. The fraction of sp³-hybridized carbons (Fsp3) is 0.0769. The number of anilines is 2. The highest BCUT2D eigenvalue weighted by molar-refractivity contribution is 6.37. The second kappa shape index (κ2) is 8.67. The molecule has 0 bridgehead atoms. The van der Waals surface area contributed by atoms with Crippen LogP contribution in [0.25, 0.3) is 22.5 Å². The first kappa shape index (κ1) is 21.1. The molecular weight excluding hydrogens is 430 g/mol. The minimum atomic E-state index is -0.464. The number of hydrogen-bond donors (Lipinski definition) is 3. The molecule has 4 aromatic rings. The standard InChI is InChI=1S/C26H21N5O3/c1-2-23-27-15-22(29-23)17-9-6-10-18(13-17)28-25(16-7-4-3-5-8-16)24-20-14-19(31(33)34)11-12-21(20)30-26(24)32/h3-15,28H,2H2,1H3,(H,27,29)(H,30,32). The number of aromatic amines is 1. The van der Waals surface area contributed by atoms with Gasteiger partial charge in [-0.1, -0.05) is 49.4 Å². The number of nitrogens with one attached hydrogen (secondary N) is 3. The van der Waals surface area contributed by atoms with Crippen molar-refractivity contribution < 1.29 is 9.72 Å². The van der Waals surface area contributed by atoms with Crippen LogP contribution in [0.15, 0.2) is 79.0 Å². The predicted octanol–water partition coefficient (Wildman–Crippen LogP) is 5.48. The molecule has 0 atom stereocenters. The quantitative estimate of drug-likeness (QED) is 0.204. The van der Waals surface area contributed by atoms with Gasteiger partial charge < -0.3 is 15.6 Å². The van der Waals surface area contributed by atoms with Crippen LogP contribution in [0.1, 0.15) is 23.9 Å². The summed E-state index contributed by atoms with van der Waals surface area (Å²) in [7, 11) is 0. The second-order valence-electron chi connectivity index (χ2n) is 7.85. The second-order valence-corrected chi connectivity index (χ2v) is 7.85. The summed E-state index contributed by atoms with van der Waals surface area (Å²) in [5.74, 6) is 0.583. The maximum Gasteiger partial charge on any atom is 0.270 e. The number of amides is 1. The van der Waals surface area contributed by atoms with E-state index in [0.717, 1.165) is 34.8 Å². The highest BCUT2D eigenvalue weighted by Crippen LogP contribution is 2.39. The number of imidazole rings is 1. The van der Waals surface area contributed by atoms with Crippen molar-refractivity contribution in [1.29, 1.82) is 0 Å². The average molecular weight is 451 g/mol. The van der Waals surface area contributed by atoms with Crippen molar-refractivity contribution in [3.05, 3.63) is 106 Å². The molecule has 2 heterocycles. The molecule has 1 aliphatic heterocycles. The molecule has 0 unspecified atom stereocenters. The van der Waals surface area contributed by atoms with E-state index in [1.165, 1.54) is 12.1 Å². The minimum Gasteiger partial charge on any atom is -0.354 e. The van der Waals surface area contributed by atoms with Gasteiger partial charge in [0.25, 0.3) is 11.6 Å². The van der Waals surface area contributed by atoms with Gasteiger partial charge in [0.05, 0.1) is 21.9 Å². The smallest absolute Gasteiger partial charge is 0.270 e. The van der Waals surface area contributed by atoms with Gasteiger partial charge in [0, 0.05) is 47.3 Å². The first-order valence-corrected chi connectivity index (χ1v) is 10.8. The molecule has 0 saturated carbocycles. The van der Waals surface area contributed by atoms with Crippen molar-refractivity contribution in [3.63, 3.8) is 0 Å². The highest BCUT2D eigenvalue weighted by atomic mass is 16.6. The van der Waals surface area contributed by atoms with Crippen molar-refractivity contribution in [3.8, 4) is 11.3 Å². The van der Waals surface area contributed by atoms with E-state index in [1.807, 2.05) is 67.7 Å². The SMILES string of the molecule is CCc1nc(-c2cccc(NC(=C3C(=O)Nc4ccc([N+](=O)[O-])cc43)c3ccccc3)c2)c[nH]1. The van der Waals surface area contributed by atoms with Gasteiger partial charge in [-0.15, -0.1) is 0 Å². The molecule has 34 heavy (non-hydrogen) atoms. The predicted molar refractivity (Wildman–Crippen MR) is 132 cm³/mol. The molecule has 0 aliphatic carbocycles. The number of fused-ring (bicyclic) bond motifs is 1. The largest absolute Gasteiger partial charge is 0.354 e. The molecule has 0 saturated heterocycles. The molecule has 3 aromatic carbocycles. The molecule has 3 N–H and O–H groups in total. The van der Waals surface area contributed by atoms with Gasteiger partial charge in [-0.3, -0.25) is 14.9 Å². The number of aromatic nitrogens is 2. The van der Waals surface area contributed by atoms with E-state index >= 15 is 0 Å². The zero-order valence-corrected chi connectivity index (χ0v) is 18.3. The van der Waals surface area contributed by atoms with E-state index in [4.69, 9.17) is 0 Å². The van der Waals surface area contributed by atoms with Crippen LogP contribution in [-0.4, -0.2) is 20.8 Å². The van der Waals surface area contributed by atoms with Gasteiger partial charge in [0.2, 0.25) is 0 Å². The maximum atomic E-state index is 13.0. The van der Waals surface area contributed by atoms with Crippen LogP contribution in [0, 0.1) is 10.1 Å². The highest BCUT2D eigenvalue weighted by Gasteiger charge is 2.30. The van der Waals surface area contributed by atoms with Crippen molar-refractivity contribution in [2.24, 2.45) is 0 Å². The number of nitro benzene ring substituents is 1. The number of benzene rings is 3. The molecule has 1 aromatic heterocycles. The number of carbonyl (C=O) groups is 1.